The minimum Gasteiger partial charge on any atom is -0.455 e. The average molecular weight is 664 g/mol. The zero-order chi connectivity index (χ0) is 33.9. The lowest BCUT2D eigenvalue weighted by Crippen LogP contribution is -2.03. The van der Waals surface area contributed by atoms with Crippen molar-refractivity contribution in [1.29, 1.82) is 0 Å². The van der Waals surface area contributed by atoms with Crippen molar-refractivity contribution < 1.29 is 9.15 Å². The normalized spacial score (nSPS) is 12.4. The number of hydrogen-bond donors (Lipinski definition) is 0. The summed E-state index contributed by atoms with van der Waals surface area (Å²) >= 11 is 0. The molecule has 1 aliphatic rings. The number of fused-ring (bicyclic) bond motifs is 7. The molecule has 0 unspecified atom stereocenters. The number of hydrogen-bond acceptors (Lipinski definition) is 5. The minimum atomic E-state index is 0.557. The molecule has 11 aromatic rings. The van der Waals surface area contributed by atoms with Crippen LogP contribution in [0, 0.1) is 0 Å². The Bertz CT molecular complexity index is 3320. The maximum atomic E-state index is 6.82. The molecule has 12 rings (SSSR count). The van der Waals surface area contributed by atoms with Crippen molar-refractivity contribution in [2.45, 2.75) is 0 Å². The molecule has 5 heteroatoms. The van der Waals surface area contributed by atoms with Gasteiger partial charge in [-0.1, -0.05) is 121 Å². The van der Waals surface area contributed by atoms with Gasteiger partial charge in [-0.05, 0) is 62.6 Å². The van der Waals surface area contributed by atoms with Gasteiger partial charge in [0, 0.05) is 43.4 Å². The number of furan rings is 1. The second-order valence-electron chi connectivity index (χ2n) is 13.5. The van der Waals surface area contributed by atoms with Crippen LogP contribution in [0.2, 0.25) is 0 Å². The maximum absolute atomic E-state index is 6.82. The predicted molar refractivity (Wildman–Crippen MR) is 211 cm³/mol. The van der Waals surface area contributed by atoms with Gasteiger partial charge in [0.15, 0.2) is 17.5 Å². The Morgan fingerprint density at radius 3 is 1.90 bits per heavy atom. The lowest BCUT2D eigenvalue weighted by Gasteiger charge is -2.22. The molecule has 5 nitrogen and oxygen atoms in total. The predicted octanol–water partition coefficient (Wildman–Crippen LogP) is 12.6. The Labute approximate surface area is 296 Å². The van der Waals surface area contributed by atoms with Crippen LogP contribution in [0.25, 0.3) is 110 Å². The van der Waals surface area contributed by atoms with E-state index < -0.39 is 0 Å². The quantitative estimate of drug-likeness (QED) is 0.176. The van der Waals surface area contributed by atoms with Crippen LogP contribution in [0.15, 0.2) is 156 Å². The third-order valence-electron chi connectivity index (χ3n) is 10.6. The largest absolute Gasteiger partial charge is 0.455 e. The first-order valence-corrected chi connectivity index (χ1v) is 17.4. The molecule has 0 aliphatic carbocycles. The van der Waals surface area contributed by atoms with Gasteiger partial charge >= 0.3 is 0 Å². The van der Waals surface area contributed by atoms with E-state index in [4.69, 9.17) is 24.1 Å². The van der Waals surface area contributed by atoms with Crippen molar-refractivity contribution in [2.24, 2.45) is 0 Å². The van der Waals surface area contributed by atoms with Crippen molar-refractivity contribution in [2.75, 3.05) is 0 Å². The number of para-hydroxylation sites is 1. The molecule has 240 valence electrons. The van der Waals surface area contributed by atoms with Crippen molar-refractivity contribution in [3.05, 3.63) is 152 Å². The maximum Gasteiger partial charge on any atom is 0.167 e. The van der Waals surface area contributed by atoms with E-state index in [-0.39, 0.29) is 0 Å². The van der Waals surface area contributed by atoms with E-state index in [1.54, 1.807) is 0 Å². The van der Waals surface area contributed by atoms with Crippen molar-refractivity contribution in [1.82, 2.24) is 15.0 Å². The van der Waals surface area contributed by atoms with Gasteiger partial charge in [0.2, 0.25) is 0 Å². The average Bonchev–Trinajstić information content (AvgIpc) is 3.59. The van der Waals surface area contributed by atoms with Gasteiger partial charge in [-0.2, -0.15) is 0 Å². The fraction of sp³-hybridized carbons (Fsp3) is 0. The van der Waals surface area contributed by atoms with E-state index in [0.717, 1.165) is 93.2 Å². The summed E-state index contributed by atoms with van der Waals surface area (Å²) in [4.78, 5) is 15.5. The molecule has 9 aromatic carbocycles. The Hall–Kier alpha value is -7.11. The molecule has 1 aliphatic heterocycles. The summed E-state index contributed by atoms with van der Waals surface area (Å²) < 4.78 is 13.4. The van der Waals surface area contributed by atoms with Crippen molar-refractivity contribution >= 4 is 75.8 Å². The number of ether oxygens (including phenoxy) is 1. The summed E-state index contributed by atoms with van der Waals surface area (Å²) in [6.45, 7) is 0. The lowest BCUT2D eigenvalue weighted by atomic mass is 9.92. The fourth-order valence-corrected chi connectivity index (χ4v) is 8.22. The molecule has 0 bridgehead atoms. The van der Waals surface area contributed by atoms with Gasteiger partial charge in [-0.15, -0.1) is 0 Å². The van der Waals surface area contributed by atoms with Crippen LogP contribution >= 0.6 is 0 Å². The van der Waals surface area contributed by atoms with Crippen molar-refractivity contribution in [3.8, 4) is 45.7 Å². The molecule has 2 aromatic heterocycles. The van der Waals surface area contributed by atoms with E-state index in [2.05, 4.69) is 97.1 Å². The van der Waals surface area contributed by atoms with Gasteiger partial charge < -0.3 is 9.15 Å². The number of benzene rings is 9. The molecular formula is C47H25N3O2. The second kappa shape index (κ2) is 10.2. The van der Waals surface area contributed by atoms with Gasteiger partial charge in [-0.25, -0.2) is 15.0 Å². The monoisotopic (exact) mass is 663 g/mol. The van der Waals surface area contributed by atoms with E-state index in [1.807, 2.05) is 54.6 Å². The molecular weight excluding hydrogens is 639 g/mol. The highest BCUT2D eigenvalue weighted by Crippen LogP contribution is 2.50. The first-order chi connectivity index (χ1) is 25.7. The fourth-order valence-electron chi connectivity index (χ4n) is 8.22. The third-order valence-corrected chi connectivity index (χ3v) is 10.6. The molecule has 0 radical (unpaired) electrons. The number of aromatic nitrogens is 3. The Balaban J connectivity index is 1.13. The zero-order valence-electron chi connectivity index (χ0n) is 27.6. The minimum absolute atomic E-state index is 0.557. The highest BCUT2D eigenvalue weighted by atomic mass is 16.5. The molecule has 3 heterocycles. The summed E-state index contributed by atoms with van der Waals surface area (Å²) in [5.74, 6) is 3.35. The number of nitrogens with zero attached hydrogens (tertiary/aromatic N) is 3. The zero-order valence-corrected chi connectivity index (χ0v) is 27.6. The van der Waals surface area contributed by atoms with E-state index in [0.29, 0.717) is 17.5 Å². The van der Waals surface area contributed by atoms with Crippen molar-refractivity contribution in [3.63, 3.8) is 0 Å². The van der Waals surface area contributed by atoms with Gasteiger partial charge in [0.1, 0.15) is 22.7 Å². The SMILES string of the molecule is c1ccc(-c2nc(-c3ccc4ccc5ccc6c7ccccc7oc6c5c4c3)nc(-c3ccc4ccc5ccc6cccc7c6c5c4c3O7)n2)cc1. The molecule has 52 heavy (non-hydrogen) atoms. The Morgan fingerprint density at radius 2 is 1.04 bits per heavy atom. The topological polar surface area (TPSA) is 61.0 Å². The van der Waals surface area contributed by atoms with Gasteiger partial charge in [-0.3, -0.25) is 0 Å². The number of rotatable bonds is 3. The second-order valence-corrected chi connectivity index (χ2v) is 13.5. The molecule has 0 N–H and O–H groups in total. The highest BCUT2D eigenvalue weighted by Gasteiger charge is 2.25. The summed E-state index contributed by atoms with van der Waals surface area (Å²) in [6.07, 6.45) is 0. The Morgan fingerprint density at radius 1 is 0.385 bits per heavy atom. The molecule has 0 amide bonds. The first-order valence-electron chi connectivity index (χ1n) is 17.4. The molecule has 0 saturated heterocycles. The molecule has 0 saturated carbocycles. The van der Waals surface area contributed by atoms with Crippen LogP contribution in [0.1, 0.15) is 0 Å². The van der Waals surface area contributed by atoms with E-state index >= 15 is 0 Å². The smallest absolute Gasteiger partial charge is 0.167 e. The van der Waals surface area contributed by atoms with Gasteiger partial charge in [0.25, 0.3) is 0 Å². The van der Waals surface area contributed by atoms with E-state index in [1.165, 1.54) is 10.8 Å². The summed E-state index contributed by atoms with van der Waals surface area (Å²) in [6, 6.07) is 52.6. The van der Waals surface area contributed by atoms with Gasteiger partial charge in [0.05, 0.1) is 5.56 Å². The Kier molecular flexibility index (Phi) is 5.44. The third kappa shape index (κ3) is 3.85. The highest BCUT2D eigenvalue weighted by molar-refractivity contribution is 6.26. The van der Waals surface area contributed by atoms with Crippen LogP contribution in [-0.4, -0.2) is 15.0 Å². The summed E-state index contributed by atoms with van der Waals surface area (Å²) in [5, 5.41) is 13.5. The molecule has 0 atom stereocenters. The standard InChI is InChI=1S/C47H25N3O2/c1-2-7-31(8-3-1)45-48-46(32-20-14-26-13-15-28-21-23-34-33-10-4-5-11-37(33)51-43(34)39(28)36(26)25-32)50-47(49-45)35-24-22-30-19-18-29-17-16-27-9-6-12-38-40(27)41(29)42(30)44(35)52-38/h1-25H. The lowest BCUT2D eigenvalue weighted by molar-refractivity contribution is 0.494. The van der Waals surface area contributed by atoms with Crippen LogP contribution in [0.5, 0.6) is 11.5 Å². The summed E-state index contributed by atoms with van der Waals surface area (Å²) in [7, 11) is 0. The van der Waals surface area contributed by atoms with E-state index in [9.17, 15) is 0 Å². The van der Waals surface area contributed by atoms with Crippen LogP contribution in [0.4, 0.5) is 0 Å². The van der Waals surface area contributed by atoms with Crippen LogP contribution < -0.4 is 4.74 Å². The first kappa shape index (κ1) is 27.7. The van der Waals surface area contributed by atoms with Crippen LogP contribution in [-0.2, 0) is 0 Å². The summed E-state index contributed by atoms with van der Waals surface area (Å²) in [5.41, 5.74) is 4.39. The van der Waals surface area contributed by atoms with Crippen LogP contribution in [0.3, 0.4) is 0 Å². The molecule has 0 fully saturated rings. The molecule has 0 spiro atoms.